The van der Waals surface area contributed by atoms with Crippen LogP contribution in [0.15, 0.2) is 12.1 Å². The Morgan fingerprint density at radius 3 is 2.60 bits per heavy atom. The molecule has 1 aromatic rings. The maximum atomic E-state index is 13.8. The summed E-state index contributed by atoms with van der Waals surface area (Å²) in [6.45, 7) is 2.17. The quantitative estimate of drug-likeness (QED) is 0.928. The molecule has 20 heavy (non-hydrogen) atoms. The van der Waals surface area contributed by atoms with Crippen LogP contribution in [-0.4, -0.2) is 41.9 Å². The number of amides is 1. The number of rotatable bonds is 4. The average molecular weight is 300 g/mol. The van der Waals surface area contributed by atoms with Crippen LogP contribution in [0, 0.1) is 11.6 Å². The van der Waals surface area contributed by atoms with E-state index in [0.717, 1.165) is 30.1 Å². The zero-order valence-corrected chi connectivity index (χ0v) is 12.4. The summed E-state index contributed by atoms with van der Waals surface area (Å²) in [7, 11) is 1.69. The summed E-state index contributed by atoms with van der Waals surface area (Å²) in [6.07, 6.45) is 0.924. The standard InChI is InChI=1S/C14H18F2N2OS/c1-3-17-13-11(15)6-9(7-12(13)16)14(19)18(2)10-4-5-20-8-10/h6-7,10,17H,3-5,8H2,1-2H3. The number of nitrogens with one attached hydrogen (secondary N) is 1. The Morgan fingerprint density at radius 2 is 2.10 bits per heavy atom. The fraction of sp³-hybridized carbons (Fsp3) is 0.500. The van der Waals surface area contributed by atoms with Gasteiger partial charge in [-0.1, -0.05) is 0 Å². The van der Waals surface area contributed by atoms with Crippen LogP contribution < -0.4 is 5.32 Å². The van der Waals surface area contributed by atoms with Crippen molar-refractivity contribution in [1.82, 2.24) is 4.90 Å². The lowest BCUT2D eigenvalue weighted by Crippen LogP contribution is -2.37. The first-order valence-electron chi connectivity index (χ1n) is 6.62. The van der Waals surface area contributed by atoms with Crippen LogP contribution >= 0.6 is 11.8 Å². The van der Waals surface area contributed by atoms with Crippen molar-refractivity contribution < 1.29 is 13.6 Å². The lowest BCUT2D eigenvalue weighted by molar-refractivity contribution is 0.0747. The van der Waals surface area contributed by atoms with E-state index in [0.29, 0.717) is 6.54 Å². The lowest BCUT2D eigenvalue weighted by atomic mass is 10.1. The highest BCUT2D eigenvalue weighted by Crippen LogP contribution is 2.25. The second-order valence-electron chi connectivity index (χ2n) is 4.78. The van der Waals surface area contributed by atoms with Gasteiger partial charge < -0.3 is 10.2 Å². The highest BCUT2D eigenvalue weighted by molar-refractivity contribution is 7.99. The van der Waals surface area contributed by atoms with Crippen LogP contribution in [-0.2, 0) is 0 Å². The smallest absolute Gasteiger partial charge is 0.254 e. The molecule has 0 aliphatic carbocycles. The Kier molecular flexibility index (Phi) is 4.86. The van der Waals surface area contributed by atoms with E-state index in [1.807, 2.05) is 0 Å². The Hall–Kier alpha value is -1.30. The van der Waals surface area contributed by atoms with Gasteiger partial charge in [-0.15, -0.1) is 0 Å². The summed E-state index contributed by atoms with van der Waals surface area (Å²) in [5.74, 6) is 0.0969. The van der Waals surface area contributed by atoms with E-state index in [1.165, 1.54) is 0 Å². The summed E-state index contributed by atoms with van der Waals surface area (Å²) in [4.78, 5) is 13.9. The van der Waals surface area contributed by atoms with Crippen molar-refractivity contribution in [3.63, 3.8) is 0 Å². The van der Waals surface area contributed by atoms with Gasteiger partial charge in [0.15, 0.2) is 0 Å². The molecule has 110 valence electrons. The number of hydrogen-bond acceptors (Lipinski definition) is 3. The molecular weight excluding hydrogens is 282 g/mol. The number of thioether (sulfide) groups is 1. The number of halogens is 2. The predicted molar refractivity (Wildman–Crippen MR) is 78.3 cm³/mol. The third-order valence-corrected chi connectivity index (χ3v) is 4.56. The molecule has 1 fully saturated rings. The Bertz CT molecular complexity index is 481. The van der Waals surface area contributed by atoms with Gasteiger partial charge in [-0.3, -0.25) is 4.79 Å². The van der Waals surface area contributed by atoms with E-state index >= 15 is 0 Å². The van der Waals surface area contributed by atoms with Crippen molar-refractivity contribution in [3.05, 3.63) is 29.3 Å². The Labute approximate surface area is 121 Å². The molecule has 0 bridgehead atoms. The number of benzene rings is 1. The molecular formula is C14H18F2N2OS. The van der Waals surface area contributed by atoms with Crippen LogP contribution in [0.4, 0.5) is 14.5 Å². The molecule has 1 aliphatic heterocycles. The SMILES string of the molecule is CCNc1c(F)cc(C(=O)N(C)C2CCSC2)cc1F. The van der Waals surface area contributed by atoms with Crippen LogP contribution in [0.5, 0.6) is 0 Å². The molecule has 0 saturated carbocycles. The molecule has 1 N–H and O–H groups in total. The van der Waals surface area contributed by atoms with Gasteiger partial charge in [-0.05, 0) is 31.2 Å². The van der Waals surface area contributed by atoms with E-state index in [-0.39, 0.29) is 23.2 Å². The number of carbonyl (C=O) groups excluding carboxylic acids is 1. The van der Waals surface area contributed by atoms with Crippen LogP contribution in [0.2, 0.25) is 0 Å². The second kappa shape index (κ2) is 6.43. The normalized spacial score (nSPS) is 18.1. The molecule has 1 aliphatic rings. The lowest BCUT2D eigenvalue weighted by Gasteiger charge is -2.24. The summed E-state index contributed by atoms with van der Waals surface area (Å²) in [5.41, 5.74) is -0.121. The minimum atomic E-state index is -0.732. The first-order chi connectivity index (χ1) is 9.54. The molecule has 1 unspecified atom stereocenters. The van der Waals surface area contributed by atoms with Crippen LogP contribution in [0.1, 0.15) is 23.7 Å². The highest BCUT2D eigenvalue weighted by atomic mass is 32.2. The summed E-state index contributed by atoms with van der Waals surface area (Å²) in [5, 5.41) is 2.62. The molecule has 2 rings (SSSR count). The van der Waals surface area contributed by atoms with E-state index in [9.17, 15) is 13.6 Å². The highest BCUT2D eigenvalue weighted by Gasteiger charge is 2.25. The molecule has 1 aromatic carbocycles. The van der Waals surface area contributed by atoms with E-state index < -0.39 is 11.6 Å². The van der Waals surface area contributed by atoms with Gasteiger partial charge in [0.1, 0.15) is 17.3 Å². The molecule has 0 spiro atoms. The monoisotopic (exact) mass is 300 g/mol. The minimum Gasteiger partial charge on any atom is -0.381 e. The Balaban J connectivity index is 2.21. The number of anilines is 1. The fourth-order valence-electron chi connectivity index (χ4n) is 2.24. The van der Waals surface area contributed by atoms with Gasteiger partial charge in [0.05, 0.1) is 0 Å². The fourth-order valence-corrected chi connectivity index (χ4v) is 3.51. The zero-order chi connectivity index (χ0) is 14.7. The number of nitrogens with zero attached hydrogens (tertiary/aromatic N) is 1. The third-order valence-electron chi connectivity index (χ3n) is 3.42. The summed E-state index contributed by atoms with van der Waals surface area (Å²) < 4.78 is 27.6. The van der Waals surface area contributed by atoms with Gasteiger partial charge in [0.2, 0.25) is 0 Å². The van der Waals surface area contributed by atoms with Gasteiger partial charge in [0, 0.05) is 31.0 Å². The summed E-state index contributed by atoms with van der Waals surface area (Å²) in [6, 6.07) is 2.34. The molecule has 1 heterocycles. The van der Waals surface area contributed by atoms with Crippen molar-refractivity contribution in [1.29, 1.82) is 0 Å². The topological polar surface area (TPSA) is 32.3 Å². The third kappa shape index (κ3) is 3.06. The predicted octanol–water partition coefficient (Wildman–Crippen LogP) is 2.97. The first kappa shape index (κ1) is 15.1. The van der Waals surface area contributed by atoms with Crippen molar-refractivity contribution >= 4 is 23.4 Å². The molecule has 0 radical (unpaired) electrons. The van der Waals surface area contributed by atoms with Crippen LogP contribution in [0.3, 0.4) is 0 Å². The molecule has 1 amide bonds. The van der Waals surface area contributed by atoms with Crippen molar-refractivity contribution in [3.8, 4) is 0 Å². The van der Waals surface area contributed by atoms with Crippen molar-refractivity contribution in [2.45, 2.75) is 19.4 Å². The van der Waals surface area contributed by atoms with Gasteiger partial charge in [-0.2, -0.15) is 11.8 Å². The Morgan fingerprint density at radius 1 is 1.45 bits per heavy atom. The van der Waals surface area contributed by atoms with Gasteiger partial charge in [0.25, 0.3) is 5.91 Å². The largest absolute Gasteiger partial charge is 0.381 e. The van der Waals surface area contributed by atoms with E-state index in [4.69, 9.17) is 0 Å². The van der Waals surface area contributed by atoms with Crippen molar-refractivity contribution in [2.24, 2.45) is 0 Å². The average Bonchev–Trinajstić information content (AvgIpc) is 2.95. The molecule has 6 heteroatoms. The number of carbonyl (C=O) groups is 1. The summed E-state index contributed by atoms with van der Waals surface area (Å²) >= 11 is 1.79. The minimum absolute atomic E-state index is 0.0565. The van der Waals surface area contributed by atoms with E-state index in [2.05, 4.69) is 5.32 Å². The molecule has 3 nitrogen and oxygen atoms in total. The van der Waals surface area contributed by atoms with Gasteiger partial charge >= 0.3 is 0 Å². The first-order valence-corrected chi connectivity index (χ1v) is 7.78. The van der Waals surface area contributed by atoms with E-state index in [1.54, 1.807) is 30.6 Å². The maximum absolute atomic E-state index is 13.8. The van der Waals surface area contributed by atoms with Gasteiger partial charge in [-0.25, -0.2) is 8.78 Å². The number of hydrogen-bond donors (Lipinski definition) is 1. The van der Waals surface area contributed by atoms with Crippen LogP contribution in [0.25, 0.3) is 0 Å². The molecule has 0 aromatic heterocycles. The molecule has 1 atom stereocenters. The van der Waals surface area contributed by atoms with Crippen molar-refractivity contribution in [2.75, 3.05) is 30.4 Å². The molecule has 1 saturated heterocycles. The maximum Gasteiger partial charge on any atom is 0.254 e. The second-order valence-corrected chi connectivity index (χ2v) is 5.93. The zero-order valence-electron chi connectivity index (χ0n) is 11.6.